The molecule has 0 aromatic heterocycles. The Kier molecular flexibility index (Phi) is 4.98. The van der Waals surface area contributed by atoms with Crippen molar-refractivity contribution in [2.75, 3.05) is 13.7 Å². The molecule has 1 aromatic carbocycles. The molecule has 0 bridgehead atoms. The fraction of sp³-hybridized carbons (Fsp3) is 0.538. The maximum Gasteiger partial charge on any atom is 0.123 e. The Balaban J connectivity index is 3.09. The van der Waals surface area contributed by atoms with Gasteiger partial charge in [-0.15, -0.1) is 0 Å². The topological polar surface area (TPSA) is 61.3 Å². The summed E-state index contributed by atoms with van der Waals surface area (Å²) in [6.07, 6.45) is 0.879. The first-order valence-corrected chi connectivity index (χ1v) is 6.50. The van der Waals surface area contributed by atoms with Crippen molar-refractivity contribution >= 4 is 15.9 Å². The van der Waals surface area contributed by atoms with Crippen LogP contribution in [0, 0.1) is 5.41 Å². The summed E-state index contributed by atoms with van der Waals surface area (Å²) in [7, 11) is 1.66. The van der Waals surface area contributed by atoms with Gasteiger partial charge in [0.2, 0.25) is 0 Å². The molecule has 0 amide bonds. The zero-order valence-corrected chi connectivity index (χ0v) is 12.3. The van der Waals surface area contributed by atoms with Gasteiger partial charge >= 0.3 is 0 Å². The number of hydrogen-bond donors (Lipinski definition) is 2. The van der Waals surface area contributed by atoms with E-state index in [4.69, 9.17) is 16.2 Å². The molecule has 4 N–H and O–H groups in total. The van der Waals surface area contributed by atoms with Gasteiger partial charge in [-0.2, -0.15) is 0 Å². The molecule has 0 saturated heterocycles. The van der Waals surface area contributed by atoms with Crippen LogP contribution in [0.25, 0.3) is 0 Å². The lowest BCUT2D eigenvalue weighted by molar-refractivity contribution is 0.264. The molecule has 1 atom stereocenters. The second kappa shape index (κ2) is 5.85. The van der Waals surface area contributed by atoms with Gasteiger partial charge in [0.05, 0.1) is 7.11 Å². The maximum atomic E-state index is 6.35. The third-order valence-electron chi connectivity index (χ3n) is 3.16. The molecule has 0 spiro atoms. The number of rotatable bonds is 5. The van der Waals surface area contributed by atoms with Crippen molar-refractivity contribution in [2.24, 2.45) is 16.9 Å². The van der Waals surface area contributed by atoms with E-state index in [2.05, 4.69) is 29.8 Å². The largest absolute Gasteiger partial charge is 0.496 e. The Labute approximate surface area is 112 Å². The standard InChI is InChI=1S/C13H21BrN2O/c1-13(2,6-7-15)12(16)10-8-9(14)4-5-11(10)17-3/h4-5,8,12H,6-7,15-16H2,1-3H3. The monoisotopic (exact) mass is 300 g/mol. The molecule has 1 unspecified atom stereocenters. The number of hydrogen-bond acceptors (Lipinski definition) is 3. The van der Waals surface area contributed by atoms with E-state index in [-0.39, 0.29) is 11.5 Å². The van der Waals surface area contributed by atoms with Crippen LogP contribution in [0.1, 0.15) is 31.9 Å². The zero-order chi connectivity index (χ0) is 13.1. The summed E-state index contributed by atoms with van der Waals surface area (Å²) < 4.78 is 6.37. The molecule has 0 radical (unpaired) electrons. The summed E-state index contributed by atoms with van der Waals surface area (Å²) in [5.41, 5.74) is 12.9. The molecule has 0 aliphatic carbocycles. The van der Waals surface area contributed by atoms with Gasteiger partial charge in [0.25, 0.3) is 0 Å². The van der Waals surface area contributed by atoms with Gasteiger partial charge in [-0.05, 0) is 36.6 Å². The lowest BCUT2D eigenvalue weighted by Gasteiger charge is -2.32. The van der Waals surface area contributed by atoms with E-state index < -0.39 is 0 Å². The second-order valence-corrected chi connectivity index (χ2v) is 5.81. The first-order chi connectivity index (χ1) is 7.92. The molecule has 1 aromatic rings. The van der Waals surface area contributed by atoms with Crippen LogP contribution in [0.4, 0.5) is 0 Å². The van der Waals surface area contributed by atoms with E-state index in [9.17, 15) is 0 Å². The van der Waals surface area contributed by atoms with Gasteiger partial charge in [0.1, 0.15) is 5.75 Å². The lowest BCUT2D eigenvalue weighted by Crippen LogP contribution is -2.31. The van der Waals surface area contributed by atoms with E-state index in [1.807, 2.05) is 18.2 Å². The van der Waals surface area contributed by atoms with Crippen molar-refractivity contribution in [1.29, 1.82) is 0 Å². The fourth-order valence-electron chi connectivity index (χ4n) is 1.90. The van der Waals surface area contributed by atoms with Crippen LogP contribution in [0.2, 0.25) is 0 Å². The number of benzene rings is 1. The first kappa shape index (κ1) is 14.5. The molecule has 1 rings (SSSR count). The summed E-state index contributed by atoms with van der Waals surface area (Å²) in [6, 6.07) is 5.79. The normalized spacial score (nSPS) is 13.5. The Hall–Kier alpha value is -0.580. The van der Waals surface area contributed by atoms with Gasteiger partial charge in [0.15, 0.2) is 0 Å². The summed E-state index contributed by atoms with van der Waals surface area (Å²) in [5, 5.41) is 0. The van der Waals surface area contributed by atoms with E-state index in [1.165, 1.54) is 0 Å². The van der Waals surface area contributed by atoms with Crippen molar-refractivity contribution in [3.8, 4) is 5.75 Å². The number of ether oxygens (including phenoxy) is 1. The molecule has 0 aliphatic rings. The van der Waals surface area contributed by atoms with Crippen LogP contribution in [0.15, 0.2) is 22.7 Å². The van der Waals surface area contributed by atoms with E-state index >= 15 is 0 Å². The first-order valence-electron chi connectivity index (χ1n) is 5.71. The maximum absolute atomic E-state index is 6.35. The van der Waals surface area contributed by atoms with Gasteiger partial charge < -0.3 is 16.2 Å². The van der Waals surface area contributed by atoms with Gasteiger partial charge in [-0.1, -0.05) is 29.8 Å². The highest BCUT2D eigenvalue weighted by Gasteiger charge is 2.29. The van der Waals surface area contributed by atoms with Gasteiger partial charge in [0, 0.05) is 16.1 Å². The highest BCUT2D eigenvalue weighted by atomic mass is 79.9. The Bertz CT molecular complexity index is 380. The average Bonchev–Trinajstić information content (AvgIpc) is 2.28. The van der Waals surface area contributed by atoms with Gasteiger partial charge in [-0.25, -0.2) is 0 Å². The summed E-state index contributed by atoms with van der Waals surface area (Å²) >= 11 is 3.46. The van der Waals surface area contributed by atoms with E-state index in [1.54, 1.807) is 7.11 Å². The molecule has 0 saturated carbocycles. The van der Waals surface area contributed by atoms with Crippen molar-refractivity contribution < 1.29 is 4.74 Å². The lowest BCUT2D eigenvalue weighted by atomic mass is 9.78. The van der Waals surface area contributed by atoms with E-state index in [0.717, 1.165) is 22.2 Å². The van der Waals surface area contributed by atoms with Crippen molar-refractivity contribution in [1.82, 2.24) is 0 Å². The second-order valence-electron chi connectivity index (χ2n) is 4.89. The van der Waals surface area contributed by atoms with Crippen LogP contribution < -0.4 is 16.2 Å². The third-order valence-corrected chi connectivity index (χ3v) is 3.65. The fourth-order valence-corrected chi connectivity index (χ4v) is 2.28. The molecule has 17 heavy (non-hydrogen) atoms. The Morgan fingerprint density at radius 2 is 2.06 bits per heavy atom. The summed E-state index contributed by atoms with van der Waals surface area (Å²) in [6.45, 7) is 4.90. The minimum Gasteiger partial charge on any atom is -0.496 e. The zero-order valence-electron chi connectivity index (χ0n) is 10.7. The summed E-state index contributed by atoms with van der Waals surface area (Å²) in [4.78, 5) is 0. The van der Waals surface area contributed by atoms with Crippen LogP contribution in [0.3, 0.4) is 0 Å². The molecule has 0 aliphatic heterocycles. The molecule has 4 heteroatoms. The third kappa shape index (κ3) is 3.44. The Morgan fingerprint density at radius 3 is 2.59 bits per heavy atom. The average molecular weight is 301 g/mol. The SMILES string of the molecule is COc1ccc(Br)cc1C(N)C(C)(C)CCN. The van der Waals surface area contributed by atoms with Crippen molar-refractivity contribution in [2.45, 2.75) is 26.3 Å². The smallest absolute Gasteiger partial charge is 0.123 e. The number of nitrogens with two attached hydrogens (primary N) is 2. The van der Waals surface area contributed by atoms with Gasteiger partial charge in [-0.3, -0.25) is 0 Å². The predicted molar refractivity (Wildman–Crippen MR) is 75.1 cm³/mol. The molecule has 96 valence electrons. The van der Waals surface area contributed by atoms with Crippen LogP contribution in [0.5, 0.6) is 5.75 Å². The highest BCUT2D eigenvalue weighted by molar-refractivity contribution is 9.10. The van der Waals surface area contributed by atoms with Crippen LogP contribution >= 0.6 is 15.9 Å². The molecule has 0 fully saturated rings. The molecular formula is C13H21BrN2O. The van der Waals surface area contributed by atoms with Crippen LogP contribution in [-0.2, 0) is 0 Å². The predicted octanol–water partition coefficient (Wildman–Crippen LogP) is 2.83. The highest BCUT2D eigenvalue weighted by Crippen LogP contribution is 2.39. The molecule has 0 heterocycles. The quantitative estimate of drug-likeness (QED) is 0.879. The molecule has 3 nitrogen and oxygen atoms in total. The number of halogens is 1. The summed E-state index contributed by atoms with van der Waals surface area (Å²) in [5.74, 6) is 0.825. The van der Waals surface area contributed by atoms with Crippen molar-refractivity contribution in [3.63, 3.8) is 0 Å². The van der Waals surface area contributed by atoms with Crippen LogP contribution in [-0.4, -0.2) is 13.7 Å². The van der Waals surface area contributed by atoms with E-state index in [0.29, 0.717) is 6.54 Å². The van der Waals surface area contributed by atoms with Crippen molar-refractivity contribution in [3.05, 3.63) is 28.2 Å². The number of methoxy groups -OCH3 is 1. The Morgan fingerprint density at radius 1 is 1.41 bits per heavy atom. The molecular weight excluding hydrogens is 280 g/mol. The minimum absolute atomic E-state index is 0.0528. The minimum atomic E-state index is -0.0986.